The molecule has 0 saturated carbocycles. The molecule has 0 aromatic heterocycles. The van der Waals surface area contributed by atoms with Crippen molar-refractivity contribution >= 4 is 38.5 Å². The molecule has 0 aliphatic heterocycles. The first-order chi connectivity index (χ1) is 6.18. The third-order valence-corrected chi connectivity index (χ3v) is 4.83. The molecule has 2 rings (SSSR count). The molecule has 70 valence electrons. The van der Waals surface area contributed by atoms with E-state index in [-0.39, 0.29) is 6.04 Å². The van der Waals surface area contributed by atoms with Crippen molar-refractivity contribution in [2.24, 2.45) is 5.73 Å². The summed E-state index contributed by atoms with van der Waals surface area (Å²) in [5.41, 5.74) is 8.81. The van der Waals surface area contributed by atoms with E-state index in [1.807, 2.05) is 0 Å². The summed E-state index contributed by atoms with van der Waals surface area (Å²) in [6.45, 7) is 0. The summed E-state index contributed by atoms with van der Waals surface area (Å²) in [6.07, 6.45) is 3.54. The van der Waals surface area contributed by atoms with Crippen LogP contribution in [0.15, 0.2) is 16.6 Å². The maximum atomic E-state index is 6.04. The van der Waals surface area contributed by atoms with Gasteiger partial charge in [0.2, 0.25) is 0 Å². The van der Waals surface area contributed by atoms with Gasteiger partial charge in [0, 0.05) is 14.1 Å². The fourth-order valence-corrected chi connectivity index (χ4v) is 2.73. The van der Waals surface area contributed by atoms with Gasteiger partial charge in [-0.3, -0.25) is 0 Å². The Balaban J connectivity index is 2.52. The predicted octanol–water partition coefficient (Wildman–Crippen LogP) is 3.39. The van der Waals surface area contributed by atoms with Crippen molar-refractivity contribution in [3.8, 4) is 0 Å². The highest BCUT2D eigenvalue weighted by Crippen LogP contribution is 2.32. The fraction of sp³-hybridized carbons (Fsp3) is 0.400. The Hall–Kier alpha value is 0.390. The summed E-state index contributed by atoms with van der Waals surface area (Å²) in [5.74, 6) is 0. The van der Waals surface area contributed by atoms with Gasteiger partial charge in [0.15, 0.2) is 0 Å². The normalized spacial score (nSPS) is 21.3. The van der Waals surface area contributed by atoms with Crippen LogP contribution in [-0.4, -0.2) is 0 Å². The lowest BCUT2D eigenvalue weighted by Crippen LogP contribution is -2.17. The average molecular weight is 352 g/mol. The van der Waals surface area contributed by atoms with E-state index in [0.717, 1.165) is 6.42 Å². The van der Waals surface area contributed by atoms with Gasteiger partial charge in [0.05, 0.1) is 0 Å². The van der Waals surface area contributed by atoms with Gasteiger partial charge in [0.25, 0.3) is 0 Å². The third kappa shape index (κ3) is 1.92. The molecule has 0 radical (unpaired) electrons. The Labute approximate surface area is 100 Å². The van der Waals surface area contributed by atoms with Crippen LogP contribution in [0.4, 0.5) is 0 Å². The maximum absolute atomic E-state index is 6.04. The van der Waals surface area contributed by atoms with Gasteiger partial charge in [-0.15, -0.1) is 0 Å². The minimum atomic E-state index is 0.247. The third-order valence-electron chi connectivity index (χ3n) is 2.54. The van der Waals surface area contributed by atoms with Gasteiger partial charge < -0.3 is 5.73 Å². The molecule has 0 saturated heterocycles. The molecule has 1 aromatic carbocycles. The number of nitrogens with two attached hydrogens (primary N) is 1. The number of aryl methyl sites for hydroxylation is 1. The molecule has 1 aliphatic rings. The first-order valence-electron chi connectivity index (χ1n) is 4.42. The Kier molecular flexibility index (Phi) is 2.95. The second-order valence-corrected chi connectivity index (χ2v) is 5.48. The fourth-order valence-electron chi connectivity index (χ4n) is 1.83. The van der Waals surface area contributed by atoms with Gasteiger partial charge in [0.1, 0.15) is 0 Å². The van der Waals surface area contributed by atoms with Crippen LogP contribution in [0.1, 0.15) is 30.0 Å². The van der Waals surface area contributed by atoms with E-state index < -0.39 is 0 Å². The Morgan fingerprint density at radius 3 is 3.00 bits per heavy atom. The largest absolute Gasteiger partial charge is 0.324 e. The summed E-state index contributed by atoms with van der Waals surface area (Å²) < 4.78 is 2.45. The van der Waals surface area contributed by atoms with Crippen molar-refractivity contribution in [1.29, 1.82) is 0 Å². The highest BCUT2D eigenvalue weighted by molar-refractivity contribution is 14.1. The molecule has 0 spiro atoms. The van der Waals surface area contributed by atoms with Crippen LogP contribution in [0.2, 0.25) is 0 Å². The molecule has 1 aliphatic carbocycles. The summed E-state index contributed by atoms with van der Waals surface area (Å²) in [7, 11) is 0. The molecule has 0 amide bonds. The number of halogens is 2. The zero-order valence-corrected chi connectivity index (χ0v) is 10.9. The Morgan fingerprint density at radius 1 is 1.46 bits per heavy atom. The molecule has 1 atom stereocenters. The van der Waals surface area contributed by atoms with Crippen LogP contribution in [0.3, 0.4) is 0 Å². The topological polar surface area (TPSA) is 26.0 Å². The molecular formula is C10H11BrIN. The van der Waals surface area contributed by atoms with Crippen LogP contribution in [0, 0.1) is 3.57 Å². The minimum Gasteiger partial charge on any atom is -0.324 e. The molecule has 13 heavy (non-hydrogen) atoms. The number of hydrogen-bond donors (Lipinski definition) is 1. The van der Waals surface area contributed by atoms with E-state index in [0.29, 0.717) is 0 Å². The van der Waals surface area contributed by atoms with Crippen molar-refractivity contribution in [1.82, 2.24) is 0 Å². The first kappa shape index (κ1) is 9.93. The SMILES string of the molecule is NC1CCCc2cc(I)c(Br)cc21. The van der Waals surface area contributed by atoms with Gasteiger partial charge >= 0.3 is 0 Å². The van der Waals surface area contributed by atoms with E-state index >= 15 is 0 Å². The quantitative estimate of drug-likeness (QED) is 0.712. The molecule has 0 bridgehead atoms. The highest BCUT2D eigenvalue weighted by atomic mass is 127. The predicted molar refractivity (Wildman–Crippen MR) is 66.7 cm³/mol. The van der Waals surface area contributed by atoms with Crippen LogP contribution < -0.4 is 5.73 Å². The van der Waals surface area contributed by atoms with Gasteiger partial charge in [-0.05, 0) is 81.0 Å². The number of hydrogen-bond acceptors (Lipinski definition) is 1. The van der Waals surface area contributed by atoms with Crippen molar-refractivity contribution in [3.05, 3.63) is 31.3 Å². The lowest BCUT2D eigenvalue weighted by Gasteiger charge is -2.22. The Bertz CT molecular complexity index is 338. The second kappa shape index (κ2) is 3.87. The summed E-state index contributed by atoms with van der Waals surface area (Å²) in [4.78, 5) is 0. The summed E-state index contributed by atoms with van der Waals surface area (Å²) in [6, 6.07) is 4.68. The van der Waals surface area contributed by atoms with Crippen molar-refractivity contribution in [2.45, 2.75) is 25.3 Å². The van der Waals surface area contributed by atoms with E-state index in [9.17, 15) is 0 Å². The van der Waals surface area contributed by atoms with Gasteiger partial charge in [-0.25, -0.2) is 0 Å². The monoisotopic (exact) mass is 351 g/mol. The molecule has 1 unspecified atom stereocenters. The van der Waals surface area contributed by atoms with E-state index in [4.69, 9.17) is 5.73 Å². The molecule has 1 nitrogen and oxygen atoms in total. The Morgan fingerprint density at radius 2 is 2.23 bits per heavy atom. The van der Waals surface area contributed by atoms with E-state index in [1.54, 1.807) is 0 Å². The van der Waals surface area contributed by atoms with Crippen molar-refractivity contribution in [2.75, 3.05) is 0 Å². The zero-order chi connectivity index (χ0) is 9.42. The highest BCUT2D eigenvalue weighted by Gasteiger charge is 2.17. The first-order valence-corrected chi connectivity index (χ1v) is 6.29. The molecule has 0 fully saturated rings. The van der Waals surface area contributed by atoms with Crippen LogP contribution in [-0.2, 0) is 6.42 Å². The summed E-state index contributed by atoms with van der Waals surface area (Å²) >= 11 is 5.89. The van der Waals surface area contributed by atoms with Crippen LogP contribution >= 0.6 is 38.5 Å². The molecule has 1 aromatic rings. The van der Waals surface area contributed by atoms with Gasteiger partial charge in [-0.1, -0.05) is 0 Å². The molecule has 2 N–H and O–H groups in total. The van der Waals surface area contributed by atoms with Crippen molar-refractivity contribution in [3.63, 3.8) is 0 Å². The van der Waals surface area contributed by atoms with Crippen molar-refractivity contribution < 1.29 is 0 Å². The second-order valence-electron chi connectivity index (χ2n) is 3.46. The van der Waals surface area contributed by atoms with E-state index in [2.05, 4.69) is 50.7 Å². The molecule has 0 heterocycles. The smallest absolute Gasteiger partial charge is 0.0312 e. The minimum absolute atomic E-state index is 0.247. The van der Waals surface area contributed by atoms with Crippen LogP contribution in [0.25, 0.3) is 0 Å². The molecule has 3 heteroatoms. The van der Waals surface area contributed by atoms with E-state index in [1.165, 1.54) is 32.0 Å². The lowest BCUT2D eigenvalue weighted by molar-refractivity contribution is 0.570. The number of benzene rings is 1. The van der Waals surface area contributed by atoms with Crippen LogP contribution in [0.5, 0.6) is 0 Å². The number of fused-ring (bicyclic) bond motifs is 1. The number of rotatable bonds is 0. The maximum Gasteiger partial charge on any atom is 0.0312 e. The molecular weight excluding hydrogens is 341 g/mol. The lowest BCUT2D eigenvalue weighted by atomic mass is 9.88. The summed E-state index contributed by atoms with van der Waals surface area (Å²) in [5, 5.41) is 0. The standard InChI is InChI=1S/C10H11BrIN/c11-8-5-7-6(4-9(8)12)2-1-3-10(7)13/h4-5,10H,1-3,13H2. The zero-order valence-electron chi connectivity index (χ0n) is 7.19. The van der Waals surface area contributed by atoms with Gasteiger partial charge in [-0.2, -0.15) is 0 Å². The average Bonchev–Trinajstić information content (AvgIpc) is 2.09.